The Balaban J connectivity index is 2.65. The molecule has 0 bridgehead atoms. The Morgan fingerprint density at radius 2 is 1.87 bits per heavy atom. The number of amides is 1. The number of hydrogen-bond acceptors (Lipinski definition) is 2. The third-order valence-corrected chi connectivity index (χ3v) is 2.16. The van der Waals surface area contributed by atoms with Crippen LogP contribution in [-0.2, 0) is 11.3 Å². The molecule has 1 amide bonds. The molecule has 3 nitrogen and oxygen atoms in total. The second kappa shape index (κ2) is 4.43. The molecular weight excluding hydrogens is 188 g/mol. The van der Waals surface area contributed by atoms with E-state index in [0.29, 0.717) is 6.54 Å². The third kappa shape index (κ3) is 3.35. The molecule has 0 saturated heterocycles. The zero-order valence-corrected chi connectivity index (χ0v) is 9.82. The molecule has 0 aromatic carbocycles. The van der Waals surface area contributed by atoms with E-state index in [9.17, 15) is 4.79 Å². The van der Waals surface area contributed by atoms with E-state index in [0.717, 1.165) is 5.56 Å². The van der Waals surface area contributed by atoms with Gasteiger partial charge in [-0.2, -0.15) is 0 Å². The molecule has 0 atom stereocenters. The Kier molecular flexibility index (Phi) is 3.45. The molecule has 0 aliphatic heterocycles. The molecule has 1 rings (SSSR count). The van der Waals surface area contributed by atoms with Crippen LogP contribution >= 0.6 is 0 Å². The van der Waals surface area contributed by atoms with Crippen LogP contribution in [-0.4, -0.2) is 22.8 Å². The maximum absolute atomic E-state index is 11.9. The van der Waals surface area contributed by atoms with Crippen molar-refractivity contribution in [1.82, 2.24) is 9.88 Å². The highest BCUT2D eigenvalue weighted by molar-refractivity contribution is 5.81. The van der Waals surface area contributed by atoms with E-state index in [2.05, 4.69) is 4.98 Å². The smallest absolute Gasteiger partial charge is 0.227 e. The summed E-state index contributed by atoms with van der Waals surface area (Å²) in [7, 11) is 1.83. The summed E-state index contributed by atoms with van der Waals surface area (Å²) in [6.45, 7) is 6.42. The molecule has 82 valence electrons. The van der Waals surface area contributed by atoms with Gasteiger partial charge in [-0.1, -0.05) is 20.8 Å². The molecule has 3 heteroatoms. The first-order valence-corrected chi connectivity index (χ1v) is 5.06. The normalized spacial score (nSPS) is 11.2. The second-order valence-corrected chi connectivity index (χ2v) is 4.77. The van der Waals surface area contributed by atoms with Crippen LogP contribution < -0.4 is 0 Å². The van der Waals surface area contributed by atoms with Crippen LogP contribution in [0.25, 0.3) is 0 Å². The lowest BCUT2D eigenvalue weighted by Gasteiger charge is -2.25. The fourth-order valence-electron chi connectivity index (χ4n) is 1.41. The van der Waals surface area contributed by atoms with E-state index >= 15 is 0 Å². The fraction of sp³-hybridized carbons (Fsp3) is 0.500. The van der Waals surface area contributed by atoms with Gasteiger partial charge in [-0.25, -0.2) is 0 Å². The van der Waals surface area contributed by atoms with Crippen molar-refractivity contribution in [3.8, 4) is 0 Å². The highest BCUT2D eigenvalue weighted by Crippen LogP contribution is 2.17. The molecule has 0 aliphatic rings. The van der Waals surface area contributed by atoms with Gasteiger partial charge in [-0.15, -0.1) is 0 Å². The molecule has 0 unspecified atom stereocenters. The number of nitrogens with zero attached hydrogens (tertiary/aromatic N) is 2. The van der Waals surface area contributed by atoms with Gasteiger partial charge in [0.05, 0.1) is 0 Å². The number of carbonyl (C=O) groups is 1. The van der Waals surface area contributed by atoms with Gasteiger partial charge in [-0.3, -0.25) is 9.78 Å². The van der Waals surface area contributed by atoms with Crippen molar-refractivity contribution in [2.45, 2.75) is 27.3 Å². The van der Waals surface area contributed by atoms with Gasteiger partial charge in [-0.05, 0) is 17.7 Å². The Morgan fingerprint density at radius 3 is 2.33 bits per heavy atom. The number of pyridine rings is 1. The highest BCUT2D eigenvalue weighted by atomic mass is 16.2. The molecule has 0 fully saturated rings. The molecule has 0 radical (unpaired) electrons. The van der Waals surface area contributed by atoms with Crippen molar-refractivity contribution in [3.05, 3.63) is 30.1 Å². The second-order valence-electron chi connectivity index (χ2n) is 4.77. The summed E-state index contributed by atoms with van der Waals surface area (Å²) < 4.78 is 0. The first-order chi connectivity index (χ1) is 6.91. The summed E-state index contributed by atoms with van der Waals surface area (Å²) in [5, 5.41) is 0. The van der Waals surface area contributed by atoms with Gasteiger partial charge in [0.1, 0.15) is 0 Å². The van der Waals surface area contributed by atoms with E-state index < -0.39 is 0 Å². The summed E-state index contributed by atoms with van der Waals surface area (Å²) >= 11 is 0. The minimum Gasteiger partial charge on any atom is -0.341 e. The third-order valence-electron chi connectivity index (χ3n) is 2.16. The Labute approximate surface area is 91.1 Å². The average molecular weight is 206 g/mol. The van der Waals surface area contributed by atoms with Crippen LogP contribution in [0.2, 0.25) is 0 Å². The molecule has 0 aliphatic carbocycles. The lowest BCUT2D eigenvalue weighted by Crippen LogP contribution is -2.36. The Morgan fingerprint density at radius 1 is 1.33 bits per heavy atom. The van der Waals surface area contributed by atoms with Gasteiger partial charge in [0.25, 0.3) is 0 Å². The number of aromatic nitrogens is 1. The number of hydrogen-bond donors (Lipinski definition) is 0. The molecule has 1 heterocycles. The van der Waals surface area contributed by atoms with E-state index in [1.807, 2.05) is 40.0 Å². The Hall–Kier alpha value is -1.38. The summed E-state index contributed by atoms with van der Waals surface area (Å²) in [6, 6.07) is 3.85. The van der Waals surface area contributed by atoms with E-state index in [1.165, 1.54) is 0 Å². The summed E-state index contributed by atoms with van der Waals surface area (Å²) in [5.74, 6) is 0.152. The predicted octanol–water partition coefficient (Wildman–Crippen LogP) is 2.09. The fourth-order valence-corrected chi connectivity index (χ4v) is 1.41. The van der Waals surface area contributed by atoms with Crippen molar-refractivity contribution >= 4 is 5.91 Å². The minimum atomic E-state index is -0.318. The topological polar surface area (TPSA) is 33.2 Å². The SMILES string of the molecule is CN(Cc1ccncc1)C(=O)C(C)(C)C. The van der Waals surface area contributed by atoms with Gasteiger partial charge in [0.15, 0.2) is 0 Å². The van der Waals surface area contributed by atoms with E-state index in [-0.39, 0.29) is 11.3 Å². The zero-order valence-electron chi connectivity index (χ0n) is 9.82. The first-order valence-electron chi connectivity index (χ1n) is 5.06. The van der Waals surface area contributed by atoms with Crippen molar-refractivity contribution in [2.75, 3.05) is 7.05 Å². The first kappa shape index (κ1) is 11.7. The molecule has 0 N–H and O–H groups in total. The van der Waals surface area contributed by atoms with Crippen LogP contribution in [0.15, 0.2) is 24.5 Å². The van der Waals surface area contributed by atoms with Crippen molar-refractivity contribution in [3.63, 3.8) is 0 Å². The van der Waals surface area contributed by atoms with Gasteiger partial charge < -0.3 is 4.90 Å². The van der Waals surface area contributed by atoms with Crippen molar-refractivity contribution in [2.24, 2.45) is 5.41 Å². The van der Waals surface area contributed by atoms with E-state index in [1.54, 1.807) is 17.3 Å². The summed E-state index contributed by atoms with van der Waals surface area (Å²) in [5.41, 5.74) is 0.784. The molecule has 1 aromatic heterocycles. The van der Waals surface area contributed by atoms with Crippen LogP contribution in [0.1, 0.15) is 26.3 Å². The molecule has 1 aromatic rings. The average Bonchev–Trinajstić information content (AvgIpc) is 2.16. The quantitative estimate of drug-likeness (QED) is 0.742. The summed E-state index contributed by atoms with van der Waals surface area (Å²) in [4.78, 5) is 17.6. The predicted molar refractivity (Wildman–Crippen MR) is 60.2 cm³/mol. The van der Waals surface area contributed by atoms with Crippen LogP contribution in [0.3, 0.4) is 0 Å². The summed E-state index contributed by atoms with van der Waals surface area (Å²) in [6.07, 6.45) is 3.48. The molecular formula is C12H18N2O. The lowest BCUT2D eigenvalue weighted by atomic mass is 9.95. The lowest BCUT2D eigenvalue weighted by molar-refractivity contribution is -0.138. The molecule has 0 spiro atoms. The monoisotopic (exact) mass is 206 g/mol. The van der Waals surface area contributed by atoms with E-state index in [4.69, 9.17) is 0 Å². The molecule has 0 saturated carbocycles. The van der Waals surface area contributed by atoms with Crippen LogP contribution in [0.5, 0.6) is 0 Å². The van der Waals surface area contributed by atoms with Crippen LogP contribution in [0.4, 0.5) is 0 Å². The maximum Gasteiger partial charge on any atom is 0.227 e. The maximum atomic E-state index is 11.9. The van der Waals surface area contributed by atoms with Crippen molar-refractivity contribution in [1.29, 1.82) is 0 Å². The zero-order chi connectivity index (χ0) is 11.5. The Bertz CT molecular complexity index is 327. The van der Waals surface area contributed by atoms with Gasteiger partial charge in [0.2, 0.25) is 5.91 Å². The number of rotatable bonds is 2. The van der Waals surface area contributed by atoms with Gasteiger partial charge in [0, 0.05) is 31.4 Å². The van der Waals surface area contributed by atoms with Gasteiger partial charge >= 0.3 is 0 Å². The minimum absolute atomic E-state index is 0.152. The highest BCUT2D eigenvalue weighted by Gasteiger charge is 2.24. The van der Waals surface area contributed by atoms with Crippen LogP contribution in [0, 0.1) is 5.41 Å². The standard InChI is InChI=1S/C12H18N2O/c1-12(2,3)11(15)14(4)9-10-5-7-13-8-6-10/h5-8H,9H2,1-4H3. The largest absolute Gasteiger partial charge is 0.341 e. The molecule has 15 heavy (non-hydrogen) atoms. The number of carbonyl (C=O) groups excluding carboxylic acids is 1. The van der Waals surface area contributed by atoms with Crippen molar-refractivity contribution < 1.29 is 4.79 Å².